The van der Waals surface area contributed by atoms with E-state index in [0.717, 1.165) is 37.6 Å². The summed E-state index contributed by atoms with van der Waals surface area (Å²) in [5.74, 6) is 0.922. The molecule has 1 aromatic carbocycles. The normalized spacial score (nSPS) is 26.4. The van der Waals surface area contributed by atoms with Crippen LogP contribution >= 0.6 is 0 Å². The van der Waals surface area contributed by atoms with E-state index in [4.69, 9.17) is 15.2 Å². The van der Waals surface area contributed by atoms with Crippen molar-refractivity contribution in [3.8, 4) is 5.75 Å². The van der Waals surface area contributed by atoms with Gasteiger partial charge in [-0.3, -0.25) is 4.90 Å². The lowest BCUT2D eigenvalue weighted by atomic mass is 10.1. The number of fused-ring (bicyclic) bond motifs is 1. The smallest absolute Gasteiger partial charge is 0.123 e. The number of para-hydroxylation sites is 1. The molecule has 2 fully saturated rings. The van der Waals surface area contributed by atoms with E-state index in [9.17, 15) is 0 Å². The number of morpholine rings is 1. The zero-order valence-electron chi connectivity index (χ0n) is 12.0. The predicted octanol–water partition coefficient (Wildman–Crippen LogP) is 1.78. The highest BCUT2D eigenvalue weighted by atomic mass is 16.5. The average Bonchev–Trinajstić information content (AvgIpc) is 2.97. The number of hydrogen-bond acceptors (Lipinski definition) is 4. The van der Waals surface area contributed by atoms with Crippen LogP contribution in [0.1, 0.15) is 24.8 Å². The third-order valence-electron chi connectivity index (χ3n) is 4.43. The van der Waals surface area contributed by atoms with Crippen molar-refractivity contribution in [3.05, 3.63) is 29.8 Å². The van der Waals surface area contributed by atoms with Crippen molar-refractivity contribution in [1.82, 2.24) is 4.90 Å². The van der Waals surface area contributed by atoms with E-state index >= 15 is 0 Å². The fraction of sp³-hybridized carbons (Fsp3) is 0.625. The highest BCUT2D eigenvalue weighted by Gasteiger charge is 2.35. The molecule has 0 bridgehead atoms. The lowest BCUT2D eigenvalue weighted by Gasteiger charge is -2.37. The van der Waals surface area contributed by atoms with Crippen molar-refractivity contribution in [2.45, 2.75) is 38.0 Å². The van der Waals surface area contributed by atoms with Gasteiger partial charge in [-0.15, -0.1) is 0 Å². The molecular weight excluding hydrogens is 252 g/mol. The highest BCUT2D eigenvalue weighted by molar-refractivity contribution is 5.32. The van der Waals surface area contributed by atoms with Gasteiger partial charge in [0.2, 0.25) is 0 Å². The Bertz CT molecular complexity index is 438. The number of rotatable bonds is 5. The third-order valence-corrected chi connectivity index (χ3v) is 4.43. The van der Waals surface area contributed by atoms with Crippen LogP contribution in [0.15, 0.2) is 24.3 Å². The first-order chi connectivity index (χ1) is 9.88. The summed E-state index contributed by atoms with van der Waals surface area (Å²) in [4.78, 5) is 2.53. The van der Waals surface area contributed by atoms with E-state index in [1.165, 1.54) is 19.3 Å². The molecule has 0 amide bonds. The number of nitrogens with two attached hydrogens (primary N) is 1. The molecule has 1 aliphatic heterocycles. The van der Waals surface area contributed by atoms with Crippen LogP contribution in [0.2, 0.25) is 0 Å². The molecule has 110 valence electrons. The summed E-state index contributed by atoms with van der Waals surface area (Å²) < 4.78 is 11.8. The first-order valence-corrected chi connectivity index (χ1v) is 7.65. The van der Waals surface area contributed by atoms with Crippen molar-refractivity contribution in [2.24, 2.45) is 5.73 Å². The van der Waals surface area contributed by atoms with E-state index in [-0.39, 0.29) is 0 Å². The van der Waals surface area contributed by atoms with Gasteiger partial charge in [0.1, 0.15) is 12.4 Å². The Morgan fingerprint density at radius 2 is 2.20 bits per heavy atom. The van der Waals surface area contributed by atoms with Gasteiger partial charge in [0.15, 0.2) is 0 Å². The van der Waals surface area contributed by atoms with E-state index in [0.29, 0.717) is 18.7 Å². The maximum Gasteiger partial charge on any atom is 0.123 e. The molecule has 1 saturated heterocycles. The lowest BCUT2D eigenvalue weighted by Crippen LogP contribution is -2.49. The van der Waals surface area contributed by atoms with Gasteiger partial charge in [-0.25, -0.2) is 0 Å². The molecule has 1 aliphatic carbocycles. The minimum atomic E-state index is 0.458. The Kier molecular flexibility index (Phi) is 4.55. The van der Waals surface area contributed by atoms with Gasteiger partial charge in [0, 0.05) is 31.2 Å². The van der Waals surface area contributed by atoms with Crippen LogP contribution in [-0.2, 0) is 11.3 Å². The topological polar surface area (TPSA) is 47.7 Å². The second-order valence-corrected chi connectivity index (χ2v) is 5.60. The fourth-order valence-electron chi connectivity index (χ4n) is 3.37. The molecule has 0 spiro atoms. The van der Waals surface area contributed by atoms with Crippen LogP contribution in [0.25, 0.3) is 0 Å². The SMILES string of the molecule is NCc1ccccc1OCCN1CCOC2CCCC21. The maximum absolute atomic E-state index is 5.92. The first-order valence-electron chi connectivity index (χ1n) is 7.65. The molecule has 3 rings (SSSR count). The molecule has 2 atom stereocenters. The van der Waals surface area contributed by atoms with E-state index < -0.39 is 0 Å². The van der Waals surface area contributed by atoms with Crippen molar-refractivity contribution < 1.29 is 9.47 Å². The second-order valence-electron chi connectivity index (χ2n) is 5.60. The molecule has 2 unspecified atom stereocenters. The zero-order valence-corrected chi connectivity index (χ0v) is 12.0. The van der Waals surface area contributed by atoms with Crippen LogP contribution in [0, 0.1) is 0 Å². The molecule has 1 heterocycles. The highest BCUT2D eigenvalue weighted by Crippen LogP contribution is 2.29. The molecule has 4 nitrogen and oxygen atoms in total. The Labute approximate surface area is 120 Å². The van der Waals surface area contributed by atoms with Crippen LogP contribution in [0.4, 0.5) is 0 Å². The summed E-state index contributed by atoms with van der Waals surface area (Å²) >= 11 is 0. The van der Waals surface area contributed by atoms with Crippen molar-refractivity contribution in [1.29, 1.82) is 0 Å². The van der Waals surface area contributed by atoms with Gasteiger partial charge in [0.05, 0.1) is 12.7 Å². The Balaban J connectivity index is 1.52. The standard InChI is InChI=1S/C16H24N2O2/c17-12-13-4-1-2-6-15(13)19-10-8-18-9-11-20-16-7-3-5-14(16)18/h1-2,4,6,14,16H,3,5,7-12,17H2. The van der Waals surface area contributed by atoms with Crippen LogP contribution in [-0.4, -0.2) is 43.3 Å². The molecule has 1 saturated carbocycles. The van der Waals surface area contributed by atoms with Gasteiger partial charge in [-0.05, 0) is 25.3 Å². The van der Waals surface area contributed by atoms with E-state index in [1.54, 1.807) is 0 Å². The maximum atomic E-state index is 5.92. The summed E-state index contributed by atoms with van der Waals surface area (Å²) in [6.07, 6.45) is 4.24. The molecule has 4 heteroatoms. The van der Waals surface area contributed by atoms with Gasteiger partial charge in [-0.1, -0.05) is 18.2 Å². The number of nitrogens with zero attached hydrogens (tertiary/aromatic N) is 1. The largest absolute Gasteiger partial charge is 0.492 e. The van der Waals surface area contributed by atoms with Crippen LogP contribution < -0.4 is 10.5 Å². The fourth-order valence-corrected chi connectivity index (χ4v) is 3.37. The van der Waals surface area contributed by atoms with Gasteiger partial charge >= 0.3 is 0 Å². The molecule has 0 aromatic heterocycles. The molecule has 2 N–H and O–H groups in total. The monoisotopic (exact) mass is 276 g/mol. The quantitative estimate of drug-likeness (QED) is 0.890. The number of hydrogen-bond donors (Lipinski definition) is 1. The lowest BCUT2D eigenvalue weighted by molar-refractivity contribution is -0.0583. The van der Waals surface area contributed by atoms with Crippen molar-refractivity contribution in [2.75, 3.05) is 26.3 Å². The van der Waals surface area contributed by atoms with E-state index in [2.05, 4.69) is 4.90 Å². The zero-order chi connectivity index (χ0) is 13.8. The van der Waals surface area contributed by atoms with Crippen LogP contribution in [0.3, 0.4) is 0 Å². The van der Waals surface area contributed by atoms with Crippen molar-refractivity contribution in [3.63, 3.8) is 0 Å². The molecular formula is C16H24N2O2. The predicted molar refractivity (Wildman–Crippen MR) is 78.8 cm³/mol. The summed E-state index contributed by atoms with van der Waals surface area (Å²) in [7, 11) is 0. The molecule has 2 aliphatic rings. The molecule has 0 radical (unpaired) electrons. The Morgan fingerprint density at radius 1 is 1.30 bits per heavy atom. The Hall–Kier alpha value is -1.10. The summed E-state index contributed by atoms with van der Waals surface area (Å²) in [6.45, 7) is 4.12. The van der Waals surface area contributed by atoms with Gasteiger partial charge in [-0.2, -0.15) is 0 Å². The van der Waals surface area contributed by atoms with Gasteiger partial charge in [0.25, 0.3) is 0 Å². The first kappa shape index (κ1) is 13.9. The summed E-state index contributed by atoms with van der Waals surface area (Å²) in [5.41, 5.74) is 6.81. The van der Waals surface area contributed by atoms with E-state index in [1.807, 2.05) is 24.3 Å². The minimum Gasteiger partial charge on any atom is -0.492 e. The molecule has 20 heavy (non-hydrogen) atoms. The van der Waals surface area contributed by atoms with Crippen molar-refractivity contribution >= 4 is 0 Å². The average molecular weight is 276 g/mol. The van der Waals surface area contributed by atoms with Crippen LogP contribution in [0.5, 0.6) is 5.75 Å². The summed E-state index contributed by atoms with van der Waals surface area (Å²) in [5, 5.41) is 0. The Morgan fingerprint density at radius 3 is 3.10 bits per heavy atom. The number of benzene rings is 1. The van der Waals surface area contributed by atoms with Gasteiger partial charge < -0.3 is 15.2 Å². The minimum absolute atomic E-state index is 0.458. The second kappa shape index (κ2) is 6.57. The third kappa shape index (κ3) is 2.97. The number of ether oxygens (including phenoxy) is 2. The molecule has 1 aromatic rings. The summed E-state index contributed by atoms with van der Waals surface area (Å²) in [6, 6.07) is 8.63.